The number of alkyl halides is 2. The second-order valence-electron chi connectivity index (χ2n) is 5.08. The van der Waals surface area contributed by atoms with Gasteiger partial charge in [0.15, 0.2) is 9.84 Å². The van der Waals surface area contributed by atoms with Crippen LogP contribution in [0.15, 0.2) is 22.1 Å². The Kier molecular flexibility index (Phi) is 4.36. The first-order valence-electron chi connectivity index (χ1n) is 6.00. The van der Waals surface area contributed by atoms with Crippen molar-refractivity contribution in [2.24, 2.45) is 5.92 Å². The first kappa shape index (κ1) is 15.3. The van der Waals surface area contributed by atoms with E-state index in [0.717, 1.165) is 24.3 Å². The van der Waals surface area contributed by atoms with Crippen LogP contribution in [0.1, 0.15) is 40.0 Å². The summed E-state index contributed by atoms with van der Waals surface area (Å²) in [6, 6.07) is 0. The maximum atomic E-state index is 13.3. The molecule has 0 heterocycles. The Balaban J connectivity index is 3.08. The molecule has 0 spiro atoms. The van der Waals surface area contributed by atoms with Gasteiger partial charge >= 0.3 is 0 Å². The van der Waals surface area contributed by atoms with Gasteiger partial charge in [-0.2, -0.15) is 0 Å². The van der Waals surface area contributed by atoms with Crippen molar-refractivity contribution < 1.29 is 17.2 Å². The maximum Gasteiger partial charge on any atom is 0.248 e. The summed E-state index contributed by atoms with van der Waals surface area (Å²) in [5, 5.41) is 0. The van der Waals surface area contributed by atoms with Gasteiger partial charge in [0, 0.05) is 12.2 Å². The highest BCUT2D eigenvalue weighted by atomic mass is 32.2. The highest BCUT2D eigenvalue weighted by Gasteiger charge is 2.37. The number of hydrogen-bond donors (Lipinski definition) is 0. The van der Waals surface area contributed by atoms with Crippen LogP contribution in [0.2, 0.25) is 0 Å². The van der Waals surface area contributed by atoms with Gasteiger partial charge in [-0.15, -0.1) is 0 Å². The van der Waals surface area contributed by atoms with E-state index < -0.39 is 21.7 Å². The Morgan fingerprint density at radius 2 is 2.00 bits per heavy atom. The van der Waals surface area contributed by atoms with Crippen LogP contribution in [-0.2, 0) is 9.84 Å². The second-order valence-corrected chi connectivity index (χ2v) is 7.06. The van der Waals surface area contributed by atoms with Gasteiger partial charge in [0.05, 0.1) is 4.91 Å². The monoisotopic (exact) mass is 278 g/mol. The molecule has 2 nitrogen and oxygen atoms in total. The van der Waals surface area contributed by atoms with Crippen molar-refractivity contribution in [1.29, 1.82) is 0 Å². The van der Waals surface area contributed by atoms with Gasteiger partial charge in [0.25, 0.3) is 0 Å². The Morgan fingerprint density at radius 1 is 1.44 bits per heavy atom. The lowest BCUT2D eigenvalue weighted by molar-refractivity contribution is -0.0442. The molecule has 0 bridgehead atoms. The van der Waals surface area contributed by atoms with Crippen LogP contribution in [0.4, 0.5) is 8.78 Å². The summed E-state index contributed by atoms with van der Waals surface area (Å²) in [7, 11) is -3.28. The zero-order chi connectivity index (χ0) is 14.1. The van der Waals surface area contributed by atoms with E-state index in [9.17, 15) is 17.2 Å². The van der Waals surface area contributed by atoms with Crippen molar-refractivity contribution in [3.63, 3.8) is 0 Å². The molecule has 0 aromatic heterocycles. The van der Waals surface area contributed by atoms with E-state index in [4.69, 9.17) is 0 Å². The molecular formula is C13H20F2O2S. The lowest BCUT2D eigenvalue weighted by Gasteiger charge is -2.30. The standard InChI is InChI=1S/C13H20F2O2S/c1-5-12(18(4,16)17)11-7-6-10(8-9(11)2)13(3,14)15/h5,10H,6-8H2,1-4H3/b12-5+. The van der Waals surface area contributed by atoms with Crippen molar-refractivity contribution in [2.75, 3.05) is 6.26 Å². The molecule has 0 aliphatic heterocycles. The minimum absolute atomic E-state index is 0.270. The number of rotatable bonds is 3. The number of allylic oxidation sites excluding steroid dienone is 3. The summed E-state index contributed by atoms with van der Waals surface area (Å²) < 4.78 is 49.8. The molecule has 0 radical (unpaired) electrons. The SMILES string of the molecule is C/C=C(\C1=C(C)CC(C(C)(F)F)CC1)S(C)(=O)=O. The van der Waals surface area contributed by atoms with Gasteiger partial charge in [-0.1, -0.05) is 11.6 Å². The maximum absolute atomic E-state index is 13.3. The minimum atomic E-state index is -3.28. The molecule has 1 aliphatic carbocycles. The number of sulfone groups is 1. The fourth-order valence-corrected chi connectivity index (χ4v) is 3.66. The zero-order valence-corrected chi connectivity index (χ0v) is 12.1. The summed E-state index contributed by atoms with van der Waals surface area (Å²) >= 11 is 0. The first-order valence-corrected chi connectivity index (χ1v) is 7.89. The predicted molar refractivity (Wildman–Crippen MR) is 69.3 cm³/mol. The van der Waals surface area contributed by atoms with Crippen LogP contribution in [0.3, 0.4) is 0 Å². The molecule has 1 aliphatic rings. The normalized spacial score (nSPS) is 23.4. The topological polar surface area (TPSA) is 34.1 Å². The lowest BCUT2D eigenvalue weighted by Crippen LogP contribution is -2.27. The van der Waals surface area contributed by atoms with Crippen LogP contribution in [0, 0.1) is 5.92 Å². The van der Waals surface area contributed by atoms with Gasteiger partial charge in [0.1, 0.15) is 0 Å². The van der Waals surface area contributed by atoms with Crippen LogP contribution >= 0.6 is 0 Å². The molecule has 5 heteroatoms. The molecule has 0 aromatic rings. The average Bonchev–Trinajstić information content (AvgIpc) is 2.17. The molecule has 1 rings (SSSR count). The fraction of sp³-hybridized carbons (Fsp3) is 0.692. The predicted octanol–water partition coefficient (Wildman–Crippen LogP) is 3.71. The first-order chi connectivity index (χ1) is 8.07. The summed E-state index contributed by atoms with van der Waals surface area (Å²) in [4.78, 5) is 0.290. The Labute approximate surface area is 108 Å². The van der Waals surface area contributed by atoms with Crippen molar-refractivity contribution in [3.05, 3.63) is 22.1 Å². The summed E-state index contributed by atoms with van der Waals surface area (Å²) in [6.07, 6.45) is 3.73. The molecule has 0 saturated carbocycles. The highest BCUT2D eigenvalue weighted by molar-refractivity contribution is 7.94. The van der Waals surface area contributed by atoms with Gasteiger partial charge in [-0.25, -0.2) is 17.2 Å². The molecule has 0 amide bonds. The summed E-state index contributed by atoms with van der Waals surface area (Å²) in [5.74, 6) is -3.38. The van der Waals surface area contributed by atoms with E-state index in [0.29, 0.717) is 12.8 Å². The van der Waals surface area contributed by atoms with E-state index in [1.54, 1.807) is 19.9 Å². The van der Waals surface area contributed by atoms with Crippen LogP contribution in [0.5, 0.6) is 0 Å². The van der Waals surface area contributed by atoms with Crippen molar-refractivity contribution >= 4 is 9.84 Å². The third-order valence-electron chi connectivity index (χ3n) is 3.49. The average molecular weight is 278 g/mol. The summed E-state index contributed by atoms with van der Waals surface area (Å²) in [5.41, 5.74) is 1.49. The molecule has 1 atom stereocenters. The fourth-order valence-electron chi connectivity index (χ4n) is 2.51. The van der Waals surface area contributed by atoms with Crippen molar-refractivity contribution in [3.8, 4) is 0 Å². The lowest BCUT2D eigenvalue weighted by atomic mass is 9.81. The van der Waals surface area contributed by atoms with Gasteiger partial charge < -0.3 is 0 Å². The van der Waals surface area contributed by atoms with Gasteiger partial charge in [-0.05, 0) is 45.6 Å². The van der Waals surface area contributed by atoms with E-state index in [-0.39, 0.29) is 11.3 Å². The number of halogens is 2. The van der Waals surface area contributed by atoms with Crippen LogP contribution < -0.4 is 0 Å². The van der Waals surface area contributed by atoms with Crippen LogP contribution in [-0.4, -0.2) is 20.6 Å². The van der Waals surface area contributed by atoms with Crippen LogP contribution in [0.25, 0.3) is 0 Å². The van der Waals surface area contributed by atoms with E-state index in [1.165, 1.54) is 0 Å². The summed E-state index contributed by atoms with van der Waals surface area (Å²) in [6.45, 7) is 4.35. The Morgan fingerprint density at radius 3 is 2.33 bits per heavy atom. The molecule has 18 heavy (non-hydrogen) atoms. The third kappa shape index (κ3) is 3.40. The smallest absolute Gasteiger partial charge is 0.224 e. The number of hydrogen-bond acceptors (Lipinski definition) is 2. The molecule has 0 aromatic carbocycles. The molecule has 104 valence electrons. The Hall–Kier alpha value is -0.710. The quantitative estimate of drug-likeness (QED) is 0.788. The molecule has 1 unspecified atom stereocenters. The molecule has 0 N–H and O–H groups in total. The van der Waals surface area contributed by atoms with E-state index >= 15 is 0 Å². The molecule has 0 saturated heterocycles. The van der Waals surface area contributed by atoms with Crippen molar-refractivity contribution in [2.45, 2.75) is 46.0 Å². The largest absolute Gasteiger partial charge is 0.248 e. The van der Waals surface area contributed by atoms with Crippen molar-refractivity contribution in [1.82, 2.24) is 0 Å². The molecule has 0 fully saturated rings. The Bertz CT molecular complexity index is 482. The minimum Gasteiger partial charge on any atom is -0.224 e. The van der Waals surface area contributed by atoms with E-state index in [1.807, 2.05) is 0 Å². The highest BCUT2D eigenvalue weighted by Crippen LogP contribution is 2.41. The third-order valence-corrected chi connectivity index (χ3v) is 4.77. The second kappa shape index (κ2) is 5.11. The zero-order valence-electron chi connectivity index (χ0n) is 11.3. The van der Waals surface area contributed by atoms with Gasteiger partial charge in [0.2, 0.25) is 5.92 Å². The molecular weight excluding hydrogens is 258 g/mol. The van der Waals surface area contributed by atoms with Gasteiger partial charge in [-0.3, -0.25) is 0 Å². The van der Waals surface area contributed by atoms with E-state index in [2.05, 4.69) is 0 Å².